The average molecular weight is 437 g/mol. The third-order valence-corrected chi connectivity index (χ3v) is 3.68. The van der Waals surface area contributed by atoms with Gasteiger partial charge in [0.05, 0.1) is 10.1 Å². The summed E-state index contributed by atoms with van der Waals surface area (Å²) in [7, 11) is 0. The second kappa shape index (κ2) is 13.0. The van der Waals surface area contributed by atoms with Gasteiger partial charge in [0.1, 0.15) is 6.04 Å². The van der Waals surface area contributed by atoms with Crippen LogP contribution in [0.2, 0.25) is 0 Å². The van der Waals surface area contributed by atoms with Gasteiger partial charge in [0.15, 0.2) is 5.96 Å². The van der Waals surface area contributed by atoms with Crippen LogP contribution in [0.25, 0.3) is 5.65 Å². The Kier molecular flexibility index (Phi) is 12.5. The van der Waals surface area contributed by atoms with Gasteiger partial charge in [-0.05, 0) is 29.1 Å². The summed E-state index contributed by atoms with van der Waals surface area (Å²) >= 11 is 1.36. The normalized spacial score (nSPS) is 10.6. The van der Waals surface area contributed by atoms with Crippen LogP contribution in [-0.2, 0) is 4.79 Å². The van der Waals surface area contributed by atoms with E-state index >= 15 is 0 Å². The van der Waals surface area contributed by atoms with Crippen LogP contribution in [0.3, 0.4) is 0 Å². The fraction of sp³-hybridized carbons (Fsp3) is 0.417. The molecule has 1 atom stereocenters. The predicted molar refractivity (Wildman–Crippen MR) is 105 cm³/mol. The Hall–Kier alpha value is -3.28. The lowest BCUT2D eigenvalue weighted by atomic mass is 10.2. The van der Waals surface area contributed by atoms with E-state index in [1.807, 2.05) is 0 Å². The highest BCUT2D eigenvalue weighted by molar-refractivity contribution is 7.98. The van der Waals surface area contributed by atoms with E-state index in [2.05, 4.69) is 20.3 Å². The van der Waals surface area contributed by atoms with Crippen molar-refractivity contribution in [3.8, 4) is 0 Å². The van der Waals surface area contributed by atoms with Crippen LogP contribution in [0, 0.1) is 10.1 Å². The van der Waals surface area contributed by atoms with Gasteiger partial charge in [0, 0.05) is 12.6 Å². The van der Waals surface area contributed by atoms with Gasteiger partial charge >= 0.3 is 17.3 Å². The van der Waals surface area contributed by atoms with Crippen LogP contribution in [0.5, 0.6) is 0 Å². The number of hydrogen-bond acceptors (Lipinski definition) is 9. The van der Waals surface area contributed by atoms with Gasteiger partial charge in [-0.2, -0.15) is 4.52 Å². The molecular formula is C12H23N9O7S. The molecule has 0 saturated carbocycles. The minimum Gasteiger partial charge on any atom is -0.480 e. The standard InChI is InChI=1S/C6H5N5O3S.C6H14N4O2.2H2O/c1-15-4-2-3-7-8-5(11(13)14)6(12)10(3)9-4;7-4(5(11)12)2-1-3-10-6(8)9;;/h2,9H,1H3;4H,1-3,7H2,(H,11,12)(H4,8,9,10);2*1H2. The van der Waals surface area contributed by atoms with E-state index in [4.69, 9.17) is 22.3 Å². The molecule has 0 radical (unpaired) electrons. The van der Waals surface area contributed by atoms with E-state index in [9.17, 15) is 19.7 Å². The van der Waals surface area contributed by atoms with Crippen LogP contribution >= 0.6 is 11.8 Å². The first kappa shape index (κ1) is 27.9. The summed E-state index contributed by atoms with van der Waals surface area (Å²) in [5.74, 6) is -1.78. The summed E-state index contributed by atoms with van der Waals surface area (Å²) < 4.78 is 0.997. The minimum absolute atomic E-state index is 0. The Morgan fingerprint density at radius 1 is 1.45 bits per heavy atom. The molecule has 2 heterocycles. The summed E-state index contributed by atoms with van der Waals surface area (Å²) in [4.78, 5) is 34.9. The van der Waals surface area contributed by atoms with Crippen molar-refractivity contribution in [1.29, 1.82) is 0 Å². The summed E-state index contributed by atoms with van der Waals surface area (Å²) in [5.41, 5.74) is 14.8. The molecule has 0 fully saturated rings. The van der Waals surface area contributed by atoms with E-state index in [0.717, 1.165) is 4.52 Å². The van der Waals surface area contributed by atoms with Gasteiger partial charge in [-0.25, -0.2) is 0 Å². The van der Waals surface area contributed by atoms with Crippen molar-refractivity contribution in [2.24, 2.45) is 22.2 Å². The first-order valence-electron chi connectivity index (χ1n) is 7.38. The zero-order valence-electron chi connectivity index (χ0n) is 15.2. The van der Waals surface area contributed by atoms with Crippen LogP contribution in [-0.4, -0.2) is 71.6 Å². The molecule has 164 valence electrons. The number of carboxylic acids is 1. The van der Waals surface area contributed by atoms with Crippen molar-refractivity contribution in [2.45, 2.75) is 23.9 Å². The second-order valence-electron chi connectivity index (χ2n) is 5.00. The summed E-state index contributed by atoms with van der Waals surface area (Å²) in [5, 5.41) is 28.9. The highest BCUT2D eigenvalue weighted by Gasteiger charge is 2.19. The zero-order chi connectivity index (χ0) is 20.6. The highest BCUT2D eigenvalue weighted by atomic mass is 32.2. The number of guanidine groups is 1. The average Bonchev–Trinajstić information content (AvgIpc) is 3.03. The fourth-order valence-electron chi connectivity index (χ4n) is 1.71. The number of nitrogens with zero attached hydrogens (tertiary/aromatic N) is 5. The number of nitrogens with two attached hydrogens (primary N) is 3. The van der Waals surface area contributed by atoms with E-state index in [1.54, 1.807) is 12.3 Å². The van der Waals surface area contributed by atoms with E-state index in [1.165, 1.54) is 11.8 Å². The van der Waals surface area contributed by atoms with Crippen LogP contribution in [0.1, 0.15) is 12.8 Å². The Morgan fingerprint density at radius 2 is 2.07 bits per heavy atom. The molecule has 0 aliphatic rings. The van der Waals surface area contributed by atoms with Gasteiger partial charge < -0.3 is 43.4 Å². The maximum atomic E-state index is 11.5. The van der Waals surface area contributed by atoms with Gasteiger partial charge in [-0.15, -0.1) is 11.8 Å². The number of thioether (sulfide) groups is 1. The third-order valence-electron chi connectivity index (χ3n) is 3.03. The molecule has 0 saturated heterocycles. The number of nitrogens with one attached hydrogen (secondary N) is 1. The summed E-state index contributed by atoms with van der Waals surface area (Å²) in [6.45, 7) is 0.420. The number of carbonyl (C=O) groups is 1. The molecule has 2 aromatic heterocycles. The highest BCUT2D eigenvalue weighted by Crippen LogP contribution is 2.12. The molecule has 1 unspecified atom stereocenters. The number of fused-ring (bicyclic) bond motifs is 1. The monoisotopic (exact) mass is 437 g/mol. The smallest absolute Gasteiger partial charge is 0.458 e. The molecule has 12 N–H and O–H groups in total. The number of carboxylic acid groups (broad SMARTS) is 1. The molecule has 0 aromatic carbocycles. The summed E-state index contributed by atoms with van der Waals surface area (Å²) in [6, 6.07) is 0.766. The number of hydrogen-bond donors (Lipinski definition) is 5. The maximum absolute atomic E-state index is 11.5. The first-order valence-corrected chi connectivity index (χ1v) is 8.60. The second-order valence-corrected chi connectivity index (χ2v) is 5.85. The lowest BCUT2D eigenvalue weighted by molar-refractivity contribution is -0.391. The topological polar surface area (TPSA) is 297 Å². The molecule has 16 nitrogen and oxygen atoms in total. The van der Waals surface area contributed by atoms with Crippen LogP contribution < -0.4 is 22.8 Å². The third kappa shape index (κ3) is 8.51. The Morgan fingerprint density at radius 3 is 2.55 bits per heavy atom. The number of aliphatic carboxylic acids is 1. The molecule has 2 aromatic rings. The molecule has 0 aliphatic carbocycles. The van der Waals surface area contributed by atoms with Gasteiger partial charge in [0.2, 0.25) is 5.65 Å². The molecule has 0 spiro atoms. The van der Waals surface area contributed by atoms with Crippen molar-refractivity contribution < 1.29 is 25.8 Å². The Labute approximate surface area is 166 Å². The zero-order valence-corrected chi connectivity index (χ0v) is 16.0. The lowest BCUT2D eigenvalue weighted by Gasteiger charge is -2.03. The molecule has 0 amide bonds. The van der Waals surface area contributed by atoms with Crippen molar-refractivity contribution >= 4 is 35.2 Å². The number of aromatic amines is 1. The molecule has 17 heteroatoms. The van der Waals surface area contributed by atoms with E-state index in [-0.39, 0.29) is 22.6 Å². The SMILES string of the molecule is CSc1cc2nnc([N+](=O)[O-])c(=O)n2[nH]1.NC(N)=NCCCC(N)C(=O)O.O.O. The van der Waals surface area contributed by atoms with Crippen molar-refractivity contribution in [2.75, 3.05) is 12.8 Å². The largest absolute Gasteiger partial charge is 0.480 e. The Balaban J connectivity index is 0. The van der Waals surface area contributed by atoms with Gasteiger partial charge in [-0.1, -0.05) is 0 Å². The van der Waals surface area contributed by atoms with Crippen molar-refractivity contribution in [3.05, 3.63) is 26.5 Å². The first-order chi connectivity index (χ1) is 12.7. The number of H-pyrrole nitrogens is 1. The molecule has 2 rings (SSSR count). The lowest BCUT2D eigenvalue weighted by Crippen LogP contribution is -2.30. The molecule has 29 heavy (non-hydrogen) atoms. The number of aromatic nitrogens is 4. The van der Waals surface area contributed by atoms with Crippen molar-refractivity contribution in [3.63, 3.8) is 0 Å². The summed E-state index contributed by atoms with van der Waals surface area (Å²) in [6.07, 6.45) is 2.76. The van der Waals surface area contributed by atoms with Crippen LogP contribution in [0.15, 0.2) is 20.9 Å². The molecule has 0 aliphatic heterocycles. The minimum atomic E-state index is -1.00. The number of aliphatic imine (C=N–C) groups is 1. The predicted octanol–water partition coefficient (Wildman–Crippen LogP) is -3.15. The van der Waals surface area contributed by atoms with E-state index < -0.39 is 28.3 Å². The van der Waals surface area contributed by atoms with Gasteiger partial charge in [-0.3, -0.25) is 19.7 Å². The maximum Gasteiger partial charge on any atom is 0.458 e. The molecular weight excluding hydrogens is 414 g/mol. The van der Waals surface area contributed by atoms with Crippen molar-refractivity contribution in [1.82, 2.24) is 19.8 Å². The number of rotatable bonds is 7. The Bertz CT molecular complexity index is 893. The van der Waals surface area contributed by atoms with Gasteiger partial charge in [0.25, 0.3) is 0 Å². The van der Waals surface area contributed by atoms with Crippen LogP contribution in [0.4, 0.5) is 5.82 Å². The quantitative estimate of drug-likeness (QED) is 0.0718. The number of nitro groups is 1. The van der Waals surface area contributed by atoms with E-state index in [0.29, 0.717) is 24.4 Å². The fourth-order valence-corrected chi connectivity index (χ4v) is 2.12. The molecule has 0 bridgehead atoms.